The number of nitriles is 1. The normalized spacial score (nSPS) is 11.4. The molecular weight excluding hydrogens is 555 g/mol. The van der Waals surface area contributed by atoms with Crippen LogP contribution < -0.4 is 11.5 Å². The fourth-order valence-corrected chi connectivity index (χ4v) is 4.02. The zero-order valence-corrected chi connectivity index (χ0v) is 23.1. The molecule has 39 heavy (non-hydrogen) atoms. The topological polar surface area (TPSA) is 195 Å². The highest BCUT2D eigenvalue weighted by Gasteiger charge is 2.12. The molecule has 0 amide bonds. The number of aliphatic imine (C=N–C) groups is 3. The van der Waals surface area contributed by atoms with E-state index in [0.29, 0.717) is 35.0 Å². The van der Waals surface area contributed by atoms with Crippen LogP contribution in [-0.2, 0) is 0 Å². The van der Waals surface area contributed by atoms with Crippen molar-refractivity contribution in [3.63, 3.8) is 0 Å². The van der Waals surface area contributed by atoms with Crippen LogP contribution in [0.4, 0.5) is 5.95 Å². The van der Waals surface area contributed by atoms with E-state index in [1.807, 2.05) is 55.2 Å². The first kappa shape index (κ1) is 31.1. The minimum atomic E-state index is 0. The lowest BCUT2D eigenvalue weighted by Crippen LogP contribution is -2.06. The van der Waals surface area contributed by atoms with E-state index in [-0.39, 0.29) is 13.4 Å². The van der Waals surface area contributed by atoms with Crippen molar-refractivity contribution in [2.45, 2.75) is 12.6 Å². The molecule has 0 aliphatic carbocycles. The van der Waals surface area contributed by atoms with Crippen LogP contribution in [0, 0.1) is 11.5 Å². The van der Waals surface area contributed by atoms with Crippen molar-refractivity contribution >= 4 is 63.1 Å². The van der Waals surface area contributed by atoms with E-state index in [0.717, 1.165) is 15.8 Å². The lowest BCUT2D eigenvalue weighted by atomic mass is 10.2. The highest BCUT2D eigenvalue weighted by Crippen LogP contribution is 2.16. The van der Waals surface area contributed by atoms with Crippen molar-refractivity contribution in [2.24, 2.45) is 20.7 Å². The third kappa shape index (κ3) is 9.02. The van der Waals surface area contributed by atoms with Gasteiger partial charge in [-0.2, -0.15) is 29.7 Å². The van der Waals surface area contributed by atoms with Gasteiger partial charge in [-0.3, -0.25) is 9.97 Å². The van der Waals surface area contributed by atoms with Crippen molar-refractivity contribution in [3.05, 3.63) is 54.5 Å². The van der Waals surface area contributed by atoms with Crippen LogP contribution in [0.5, 0.6) is 0 Å². The summed E-state index contributed by atoms with van der Waals surface area (Å²) in [4.78, 5) is 32.4. The summed E-state index contributed by atoms with van der Waals surface area (Å²) in [6, 6.07) is 11.2. The molecule has 1 aliphatic rings. The van der Waals surface area contributed by atoms with E-state index in [4.69, 9.17) is 16.7 Å². The fourth-order valence-electron chi connectivity index (χ4n) is 2.73. The smallest absolute Gasteiger partial charge is 0.258 e. The van der Waals surface area contributed by atoms with Gasteiger partial charge < -0.3 is 11.5 Å². The van der Waals surface area contributed by atoms with Crippen molar-refractivity contribution < 1.29 is 0 Å². The second kappa shape index (κ2) is 16.0. The number of hydrogen-bond donors (Lipinski definition) is 2. The SMILES string of the molecule is C.CSC(=NC#N)SC.CSc1nc(N)n2nc(-c3ccccn3)nc2n1.NC1=NCC(c2ccccn2)=N1. The number of hydrogen-bond acceptors (Lipinski definition) is 15. The second-order valence-corrected chi connectivity index (χ2v) is 9.39. The molecule has 1 aliphatic heterocycles. The summed E-state index contributed by atoms with van der Waals surface area (Å²) < 4.78 is 2.22. The Morgan fingerprint density at radius 1 is 0.974 bits per heavy atom. The molecule has 0 aromatic carbocycles. The first-order valence-electron chi connectivity index (χ1n) is 10.7. The van der Waals surface area contributed by atoms with Crippen LogP contribution in [0.2, 0.25) is 0 Å². The van der Waals surface area contributed by atoms with E-state index in [9.17, 15) is 0 Å². The summed E-state index contributed by atoms with van der Waals surface area (Å²) in [6.07, 6.45) is 10.8. The zero-order chi connectivity index (χ0) is 27.3. The number of nitrogen functional groups attached to an aromatic ring is 1. The van der Waals surface area contributed by atoms with Crippen LogP contribution >= 0.6 is 35.3 Å². The van der Waals surface area contributed by atoms with E-state index < -0.39 is 0 Å². The van der Waals surface area contributed by atoms with Gasteiger partial charge in [0.2, 0.25) is 23.9 Å². The van der Waals surface area contributed by atoms with Crippen LogP contribution in [0.3, 0.4) is 0 Å². The Balaban J connectivity index is 0.000000221. The molecule has 0 bridgehead atoms. The van der Waals surface area contributed by atoms with Crippen molar-refractivity contribution in [1.82, 2.24) is 34.5 Å². The first-order valence-corrected chi connectivity index (χ1v) is 14.4. The molecule has 4 N–H and O–H groups in total. The predicted molar refractivity (Wildman–Crippen MR) is 162 cm³/mol. The maximum atomic E-state index is 8.03. The van der Waals surface area contributed by atoms with Crippen molar-refractivity contribution in [2.75, 3.05) is 31.0 Å². The molecule has 5 heterocycles. The Labute approximate surface area is 238 Å². The Morgan fingerprint density at radius 2 is 1.64 bits per heavy atom. The molecule has 0 fully saturated rings. The number of fused-ring (bicyclic) bond motifs is 1. The molecule has 0 spiro atoms. The maximum Gasteiger partial charge on any atom is 0.258 e. The second-order valence-electron chi connectivity index (χ2n) is 6.76. The van der Waals surface area contributed by atoms with Crippen molar-refractivity contribution in [1.29, 1.82) is 5.26 Å². The van der Waals surface area contributed by atoms with Gasteiger partial charge in [0.25, 0.3) is 5.78 Å². The minimum Gasteiger partial charge on any atom is -0.368 e. The summed E-state index contributed by atoms with van der Waals surface area (Å²) in [5.41, 5.74) is 13.6. The summed E-state index contributed by atoms with van der Waals surface area (Å²) in [6.45, 7) is 0.544. The van der Waals surface area contributed by atoms with Gasteiger partial charge in [-0.05, 0) is 43.0 Å². The van der Waals surface area contributed by atoms with Gasteiger partial charge in [-0.25, -0.2) is 9.98 Å². The number of pyridine rings is 2. The van der Waals surface area contributed by atoms with Crippen LogP contribution in [0.15, 0.2) is 68.9 Å². The molecule has 0 radical (unpaired) electrons. The number of nitrogens with zero attached hydrogens (tertiary/aromatic N) is 11. The molecule has 0 saturated heterocycles. The lowest BCUT2D eigenvalue weighted by molar-refractivity contribution is 0.850. The number of nitrogens with two attached hydrogens (primary N) is 2. The number of anilines is 1. The number of rotatable bonds is 3. The highest BCUT2D eigenvalue weighted by atomic mass is 32.2. The van der Waals surface area contributed by atoms with E-state index in [1.165, 1.54) is 39.8 Å². The van der Waals surface area contributed by atoms with E-state index in [2.05, 4.69) is 45.0 Å². The highest BCUT2D eigenvalue weighted by molar-refractivity contribution is 8.38. The molecule has 16 heteroatoms. The Morgan fingerprint density at radius 3 is 2.13 bits per heavy atom. The van der Waals surface area contributed by atoms with E-state index in [1.54, 1.807) is 18.6 Å². The molecule has 5 rings (SSSR count). The third-order valence-corrected chi connectivity index (χ3v) is 6.81. The van der Waals surface area contributed by atoms with Crippen LogP contribution in [-0.4, -0.2) is 75.9 Å². The molecule has 4 aromatic heterocycles. The number of thioether (sulfide) groups is 3. The molecule has 0 saturated carbocycles. The summed E-state index contributed by atoms with van der Waals surface area (Å²) in [7, 11) is 0. The standard InChI is InChI=1S/C10H9N7S.C8H8N4.C4H6N2S2.CH4/c1-18-10-14-8(11)17-9(15-10)13-7(16-17)6-4-2-3-5-12-6;9-8-11-5-7(12-8)6-3-1-2-4-10-6;1-7-4(8-2)6-3-5;/h2-5H,1H3,(H2,11,13,14,15,16);1-4H,5H2,(H2,9,11);1-2H3;1H4. The lowest BCUT2D eigenvalue weighted by Gasteiger charge is -1.97. The average Bonchev–Trinajstić information content (AvgIpc) is 3.60. The van der Waals surface area contributed by atoms with E-state index >= 15 is 0 Å². The van der Waals surface area contributed by atoms with Crippen LogP contribution in [0.1, 0.15) is 13.1 Å². The average molecular weight is 582 g/mol. The first-order chi connectivity index (χ1) is 18.5. The van der Waals surface area contributed by atoms with Gasteiger partial charge in [0.15, 0.2) is 5.16 Å². The third-order valence-electron chi connectivity index (χ3n) is 4.38. The number of guanidine groups is 1. The minimum absolute atomic E-state index is 0. The van der Waals surface area contributed by atoms with Gasteiger partial charge in [0.05, 0.1) is 18.0 Å². The van der Waals surface area contributed by atoms with Crippen LogP contribution in [0.25, 0.3) is 17.3 Å². The van der Waals surface area contributed by atoms with Gasteiger partial charge in [0.1, 0.15) is 10.1 Å². The van der Waals surface area contributed by atoms with Gasteiger partial charge in [-0.15, -0.1) is 28.6 Å². The van der Waals surface area contributed by atoms with Gasteiger partial charge in [0, 0.05) is 12.4 Å². The van der Waals surface area contributed by atoms with Gasteiger partial charge in [-0.1, -0.05) is 31.3 Å². The summed E-state index contributed by atoms with van der Waals surface area (Å²) in [5, 5.41) is 12.8. The monoisotopic (exact) mass is 581 g/mol. The Kier molecular flexibility index (Phi) is 12.8. The molecule has 13 nitrogen and oxygen atoms in total. The predicted octanol–water partition coefficient (Wildman–Crippen LogP) is 3.27. The molecule has 202 valence electrons. The largest absolute Gasteiger partial charge is 0.368 e. The quantitative estimate of drug-likeness (QED) is 0.155. The van der Waals surface area contributed by atoms with Gasteiger partial charge >= 0.3 is 0 Å². The molecular formula is C23H27N13S3. The summed E-state index contributed by atoms with van der Waals surface area (Å²) >= 11 is 4.37. The van der Waals surface area contributed by atoms with Crippen molar-refractivity contribution in [3.8, 4) is 17.7 Å². The molecule has 4 aromatic rings. The number of aromatic nitrogens is 7. The maximum absolute atomic E-state index is 8.03. The Hall–Kier alpha value is -4.07. The fraction of sp³-hybridized carbons (Fsp3) is 0.217. The zero-order valence-electron chi connectivity index (χ0n) is 20.6. The summed E-state index contributed by atoms with van der Waals surface area (Å²) in [5.74, 6) is 1.51. The molecule has 0 unspecified atom stereocenters. The molecule has 0 atom stereocenters. The Bertz CT molecular complexity index is 1470.